The number of benzene rings is 3. The number of carbonyl (C=O) groups excluding carboxylic acids is 1. The average Bonchev–Trinajstić information content (AvgIpc) is 3.39. The number of hydrogen-bond donors (Lipinski definition) is 1. The first-order valence-electron chi connectivity index (χ1n) is 16.1. The molecule has 0 spiro atoms. The van der Waals surface area contributed by atoms with Gasteiger partial charge < -0.3 is 9.51 Å². The highest BCUT2D eigenvalue weighted by Crippen LogP contribution is 2.42. The fourth-order valence-corrected chi connectivity index (χ4v) is 6.35. The van der Waals surface area contributed by atoms with Crippen molar-refractivity contribution in [2.75, 3.05) is 7.05 Å². The van der Waals surface area contributed by atoms with Gasteiger partial charge in [-0.15, -0.1) is 0 Å². The number of hydrogen-bond acceptors (Lipinski definition) is 2. The van der Waals surface area contributed by atoms with E-state index in [1.807, 2.05) is 53.1 Å². The fourth-order valence-electron chi connectivity index (χ4n) is 6.35. The van der Waals surface area contributed by atoms with Crippen LogP contribution in [0.5, 0.6) is 0 Å². The summed E-state index contributed by atoms with van der Waals surface area (Å²) in [5.41, 5.74) is 8.99. The van der Waals surface area contributed by atoms with E-state index in [0.29, 0.717) is 40.4 Å². The largest absolute Gasteiger partial charge is 0.481 e. The lowest BCUT2D eigenvalue weighted by atomic mass is 10.00. The van der Waals surface area contributed by atoms with Gasteiger partial charge in [-0.2, -0.15) is 0 Å². The van der Waals surface area contributed by atoms with Gasteiger partial charge in [0.25, 0.3) is 0 Å². The predicted molar refractivity (Wildman–Crippen MR) is 185 cm³/mol. The van der Waals surface area contributed by atoms with Gasteiger partial charge in [-0.1, -0.05) is 70.2 Å². The number of ketones is 1. The zero-order chi connectivity index (χ0) is 32.1. The van der Waals surface area contributed by atoms with Crippen LogP contribution < -0.4 is 4.48 Å². The molecular weight excluding hydrogens is 556 g/mol. The molecule has 5 rings (SSSR count). The molecule has 0 unspecified atom stereocenters. The first kappa shape index (κ1) is 31.9. The van der Waals surface area contributed by atoms with Crippen molar-refractivity contribution >= 4 is 34.3 Å². The molecule has 0 aliphatic heterocycles. The topological polar surface area (TPSA) is 58.8 Å². The molecule has 0 aliphatic rings. The second kappa shape index (κ2) is 13.7. The molecule has 0 bridgehead atoms. The summed E-state index contributed by atoms with van der Waals surface area (Å²) in [6, 6.07) is 33.6. The monoisotopic (exact) mass is 601 g/mol. The number of aromatic nitrogens is 1. The summed E-state index contributed by atoms with van der Waals surface area (Å²) >= 11 is 0. The maximum Gasteiger partial charge on any atom is 0.303 e. The Hall–Kier alpha value is -4.48. The van der Waals surface area contributed by atoms with Crippen molar-refractivity contribution in [2.45, 2.75) is 59.8 Å². The summed E-state index contributed by atoms with van der Waals surface area (Å²) in [5.74, 6) is 0.289. The maximum atomic E-state index is 14.2. The van der Waals surface area contributed by atoms with Crippen molar-refractivity contribution in [3.05, 3.63) is 131 Å². The van der Waals surface area contributed by atoms with Crippen molar-refractivity contribution < 1.29 is 14.7 Å². The van der Waals surface area contributed by atoms with E-state index in [1.54, 1.807) is 0 Å². The molecule has 0 fully saturated rings. The molecule has 45 heavy (non-hydrogen) atoms. The second-order valence-electron chi connectivity index (χ2n) is 13.2. The van der Waals surface area contributed by atoms with E-state index in [4.69, 9.17) is 5.11 Å². The van der Waals surface area contributed by atoms with Crippen LogP contribution >= 0.6 is 0 Å². The quantitative estimate of drug-likeness (QED) is 0.108. The minimum atomic E-state index is -0.808. The van der Waals surface area contributed by atoms with Gasteiger partial charge in [0.15, 0.2) is 0 Å². The standard InChI is InChI=1S/C40H44N2O3/c1-28(2)24-30-15-19-34(20-16-30)42(5,35-21-17-31(18-22-35)25-29(3)4)36-12-8-11-33(26-36)40(45)38-27-32(10-9-14-39(43)44)37-13-6-7-23-41(37)38/h6-8,11-13,15-23,26-29H,9-10,14,24-25H2,1-5H3/p+1. The van der Waals surface area contributed by atoms with Crippen LogP contribution in [0.1, 0.15) is 73.3 Å². The molecule has 0 aliphatic carbocycles. The Bertz CT molecular complexity index is 1730. The highest BCUT2D eigenvalue weighted by Gasteiger charge is 2.32. The second-order valence-corrected chi connectivity index (χ2v) is 13.2. The van der Waals surface area contributed by atoms with Crippen molar-refractivity contribution in [1.82, 2.24) is 8.88 Å². The van der Waals surface area contributed by atoms with E-state index in [2.05, 4.69) is 89.3 Å². The maximum absolute atomic E-state index is 14.2. The van der Waals surface area contributed by atoms with E-state index in [0.717, 1.165) is 41.0 Å². The fraction of sp³-hybridized carbons (Fsp3) is 0.300. The van der Waals surface area contributed by atoms with E-state index in [9.17, 15) is 9.59 Å². The Morgan fingerprint density at radius 2 is 1.33 bits per heavy atom. The van der Waals surface area contributed by atoms with Crippen LogP contribution in [0.25, 0.3) is 5.52 Å². The molecule has 1 N–H and O–H groups in total. The van der Waals surface area contributed by atoms with Gasteiger partial charge in [-0.05, 0) is 72.4 Å². The summed E-state index contributed by atoms with van der Waals surface area (Å²) in [6.07, 6.45) is 5.19. The van der Waals surface area contributed by atoms with Crippen LogP contribution in [0.4, 0.5) is 17.1 Å². The van der Waals surface area contributed by atoms with Gasteiger partial charge in [-0.3, -0.25) is 9.59 Å². The Morgan fingerprint density at radius 3 is 1.89 bits per heavy atom. The molecule has 3 aromatic carbocycles. The van der Waals surface area contributed by atoms with E-state index >= 15 is 0 Å². The number of quaternary nitrogens is 1. The molecule has 5 nitrogen and oxygen atoms in total. The normalized spacial score (nSPS) is 11.9. The number of aliphatic carboxylic acids is 1. The first-order valence-corrected chi connectivity index (χ1v) is 16.1. The van der Waals surface area contributed by atoms with Crippen LogP contribution in [0, 0.1) is 11.8 Å². The minimum absolute atomic E-state index is 0.0614. The summed E-state index contributed by atoms with van der Waals surface area (Å²) in [4.78, 5) is 25.3. The molecule has 5 heteroatoms. The summed E-state index contributed by atoms with van der Waals surface area (Å²) in [6.45, 7) is 8.95. The minimum Gasteiger partial charge on any atom is -0.481 e. The highest BCUT2D eigenvalue weighted by atomic mass is 16.4. The molecular formula is C40H45N2O3+. The Kier molecular flexibility index (Phi) is 9.69. The number of rotatable bonds is 13. The number of aryl methyl sites for hydroxylation is 1. The summed E-state index contributed by atoms with van der Waals surface area (Å²) in [7, 11) is 2.20. The zero-order valence-corrected chi connectivity index (χ0v) is 27.2. The van der Waals surface area contributed by atoms with Gasteiger partial charge in [-0.25, -0.2) is 4.48 Å². The smallest absolute Gasteiger partial charge is 0.303 e. The molecule has 2 heterocycles. The van der Waals surface area contributed by atoms with Gasteiger partial charge in [0.05, 0.1) is 12.7 Å². The first-order chi connectivity index (χ1) is 21.6. The molecule has 0 atom stereocenters. The number of carbonyl (C=O) groups is 2. The molecule has 0 saturated heterocycles. The Morgan fingerprint density at radius 1 is 0.733 bits per heavy atom. The lowest BCUT2D eigenvalue weighted by Gasteiger charge is -2.34. The van der Waals surface area contributed by atoms with Crippen LogP contribution in [0.3, 0.4) is 0 Å². The third-order valence-corrected chi connectivity index (χ3v) is 8.65. The van der Waals surface area contributed by atoms with Crippen molar-refractivity contribution in [3.8, 4) is 0 Å². The van der Waals surface area contributed by atoms with Crippen molar-refractivity contribution in [1.29, 1.82) is 0 Å². The molecule has 5 aromatic rings. The summed E-state index contributed by atoms with van der Waals surface area (Å²) in [5, 5.41) is 9.14. The summed E-state index contributed by atoms with van der Waals surface area (Å²) < 4.78 is 2.35. The number of fused-ring (bicyclic) bond motifs is 1. The van der Waals surface area contributed by atoms with E-state index < -0.39 is 5.97 Å². The van der Waals surface area contributed by atoms with Crippen LogP contribution in [-0.2, 0) is 24.1 Å². The number of carboxylic acids is 1. The number of pyridine rings is 1. The number of nitrogens with zero attached hydrogens (tertiary/aromatic N) is 2. The van der Waals surface area contributed by atoms with Gasteiger partial charge in [0.2, 0.25) is 5.78 Å². The highest BCUT2D eigenvalue weighted by molar-refractivity contribution is 6.09. The van der Waals surface area contributed by atoms with Crippen molar-refractivity contribution in [2.24, 2.45) is 11.8 Å². The lowest BCUT2D eigenvalue weighted by molar-refractivity contribution is -0.137. The predicted octanol–water partition coefficient (Wildman–Crippen LogP) is 9.58. The average molecular weight is 602 g/mol. The van der Waals surface area contributed by atoms with Gasteiger partial charge >= 0.3 is 5.97 Å². The SMILES string of the molecule is CC(C)Cc1ccc([N+](C)(c2ccc(CC(C)C)cc2)c2cccc(C(=O)c3cc(CCCC(=O)O)c4ccccn34)c2)cc1. The Labute approximate surface area is 267 Å². The van der Waals surface area contributed by atoms with Crippen LogP contribution in [-0.4, -0.2) is 28.3 Å². The third kappa shape index (κ3) is 7.10. The van der Waals surface area contributed by atoms with Crippen molar-refractivity contribution in [3.63, 3.8) is 0 Å². The number of carboxylic acid groups (broad SMARTS) is 1. The Balaban J connectivity index is 1.57. The zero-order valence-electron chi connectivity index (χ0n) is 27.2. The van der Waals surface area contributed by atoms with E-state index in [-0.39, 0.29) is 12.2 Å². The molecule has 0 radical (unpaired) electrons. The van der Waals surface area contributed by atoms with Gasteiger partial charge in [0.1, 0.15) is 17.1 Å². The van der Waals surface area contributed by atoms with Gasteiger partial charge in [0, 0.05) is 60.1 Å². The molecule has 0 amide bonds. The van der Waals surface area contributed by atoms with Crippen LogP contribution in [0.15, 0.2) is 103 Å². The molecule has 232 valence electrons. The van der Waals surface area contributed by atoms with Crippen LogP contribution in [0.2, 0.25) is 0 Å². The third-order valence-electron chi connectivity index (χ3n) is 8.65. The molecule has 2 aromatic heterocycles. The molecule has 0 saturated carbocycles. The van der Waals surface area contributed by atoms with E-state index in [1.165, 1.54) is 11.1 Å². The lowest BCUT2D eigenvalue weighted by Crippen LogP contribution is -2.34.